The highest BCUT2D eigenvalue weighted by molar-refractivity contribution is 6.11. The van der Waals surface area contributed by atoms with Gasteiger partial charge in [0.1, 0.15) is 5.76 Å². The molecule has 3 aliphatic carbocycles. The first-order valence-electron chi connectivity index (χ1n) is 20.4. The molecule has 0 aliphatic heterocycles. The Morgan fingerprint density at radius 3 is 1.52 bits per heavy atom. The fourth-order valence-electron chi connectivity index (χ4n) is 8.32. The van der Waals surface area contributed by atoms with Crippen LogP contribution < -0.4 is 0 Å². The molecule has 266 valence electrons. The molecular weight excluding hydrogens is 588 g/mol. The first kappa shape index (κ1) is 38.4. The van der Waals surface area contributed by atoms with E-state index in [1.54, 1.807) is 0 Å². The molecule has 1 atom stereocenters. The van der Waals surface area contributed by atoms with Gasteiger partial charge in [-0.3, -0.25) is 4.79 Å². The quantitative estimate of drug-likeness (QED) is 0.151. The van der Waals surface area contributed by atoms with Crippen LogP contribution in [0.2, 0.25) is 0 Å². The van der Waals surface area contributed by atoms with E-state index < -0.39 is 5.41 Å². The predicted octanol–water partition coefficient (Wildman–Crippen LogP) is 13.2. The lowest BCUT2D eigenvalue weighted by Gasteiger charge is -2.38. The number of ether oxygens (including phenoxy) is 1. The SMILES string of the molecule is CC(Cc1ccc(C(C)C)cc1)C(=O)C(C(=O)OC1=CCCCCCCCC1)(C1=CCCCCCCCC1)C1=CCCCCCCCC1. The van der Waals surface area contributed by atoms with Gasteiger partial charge in [0.05, 0.1) is 0 Å². The monoisotopic (exact) mass is 657 g/mol. The zero-order valence-electron chi connectivity index (χ0n) is 31.1. The third kappa shape index (κ3) is 11.3. The second kappa shape index (κ2) is 20.9. The highest BCUT2D eigenvalue weighted by Crippen LogP contribution is 2.47. The maximum absolute atomic E-state index is 15.6. The molecule has 3 heteroatoms. The molecule has 0 saturated heterocycles. The van der Waals surface area contributed by atoms with Crippen LogP contribution in [0.5, 0.6) is 0 Å². The largest absolute Gasteiger partial charge is 0.430 e. The van der Waals surface area contributed by atoms with Gasteiger partial charge in [-0.05, 0) is 111 Å². The molecule has 48 heavy (non-hydrogen) atoms. The maximum atomic E-state index is 15.6. The van der Waals surface area contributed by atoms with Gasteiger partial charge < -0.3 is 4.74 Å². The van der Waals surface area contributed by atoms with Gasteiger partial charge in [-0.15, -0.1) is 0 Å². The molecule has 0 N–H and O–H groups in total. The van der Waals surface area contributed by atoms with Crippen molar-refractivity contribution in [1.29, 1.82) is 0 Å². The molecule has 1 aromatic rings. The van der Waals surface area contributed by atoms with Crippen molar-refractivity contribution in [2.45, 2.75) is 187 Å². The molecule has 0 aromatic heterocycles. The first-order chi connectivity index (χ1) is 23.4. The average Bonchev–Trinajstić information content (AvgIpc) is 3.10. The van der Waals surface area contributed by atoms with Crippen molar-refractivity contribution in [3.63, 3.8) is 0 Å². The second-order valence-corrected chi connectivity index (χ2v) is 15.6. The van der Waals surface area contributed by atoms with Gasteiger partial charge in [0.2, 0.25) is 0 Å². The topological polar surface area (TPSA) is 43.4 Å². The second-order valence-electron chi connectivity index (χ2n) is 15.6. The minimum atomic E-state index is -1.34. The molecule has 0 heterocycles. The number of hydrogen-bond donors (Lipinski definition) is 0. The minimum absolute atomic E-state index is 0.0625. The van der Waals surface area contributed by atoms with Gasteiger partial charge in [-0.25, -0.2) is 4.79 Å². The van der Waals surface area contributed by atoms with Crippen LogP contribution in [0, 0.1) is 11.3 Å². The standard InChI is InChI=1S/C45H68O3/c1-36(2)39-33-31-38(32-34-39)35-37(3)43(46)45(40-25-19-13-7-4-8-14-20-26-40,41-27-21-15-9-5-10-16-22-28-41)44(47)48-42-29-23-17-11-6-12-18-24-30-42/h25,27,29,31-34,36-37H,4-24,26,28,30,35H2,1-3H3. The van der Waals surface area contributed by atoms with E-state index in [2.05, 4.69) is 63.3 Å². The number of hydrogen-bond acceptors (Lipinski definition) is 3. The lowest BCUT2D eigenvalue weighted by Crippen LogP contribution is -2.47. The Balaban J connectivity index is 1.82. The molecule has 1 unspecified atom stereocenters. The predicted molar refractivity (Wildman–Crippen MR) is 202 cm³/mol. The number of Topliss-reactive ketones (excluding diaryl/α,β-unsaturated/α-hetero) is 1. The van der Waals surface area contributed by atoms with Crippen molar-refractivity contribution in [3.8, 4) is 0 Å². The molecule has 0 radical (unpaired) electrons. The smallest absolute Gasteiger partial charge is 0.333 e. The summed E-state index contributed by atoms with van der Waals surface area (Å²) in [4.78, 5) is 30.9. The Morgan fingerprint density at radius 2 is 1.02 bits per heavy atom. The van der Waals surface area contributed by atoms with E-state index >= 15 is 9.59 Å². The normalized spacial score (nSPS) is 21.8. The summed E-state index contributed by atoms with van der Waals surface area (Å²) in [5, 5.41) is 0. The number of esters is 1. The third-order valence-electron chi connectivity index (χ3n) is 11.3. The van der Waals surface area contributed by atoms with E-state index in [1.807, 2.05) is 0 Å². The van der Waals surface area contributed by atoms with Gasteiger partial charge in [-0.2, -0.15) is 0 Å². The summed E-state index contributed by atoms with van der Waals surface area (Å²) in [5.74, 6) is 0.720. The van der Waals surface area contributed by atoms with Crippen LogP contribution in [0.15, 0.2) is 59.4 Å². The van der Waals surface area contributed by atoms with Crippen LogP contribution in [0.1, 0.15) is 192 Å². The van der Waals surface area contributed by atoms with Gasteiger partial charge in [0.15, 0.2) is 11.2 Å². The fraction of sp³-hybridized carbons (Fsp3) is 0.689. The molecule has 3 nitrogen and oxygen atoms in total. The zero-order valence-corrected chi connectivity index (χ0v) is 31.1. The highest BCUT2D eigenvalue weighted by Gasteiger charge is 2.53. The Hall–Kier alpha value is -2.42. The number of benzene rings is 1. The number of allylic oxidation sites excluding steroid dienone is 4. The van der Waals surface area contributed by atoms with Crippen LogP contribution >= 0.6 is 0 Å². The number of ketones is 1. The number of carbonyl (C=O) groups excluding carboxylic acids is 2. The van der Waals surface area contributed by atoms with Crippen molar-refractivity contribution < 1.29 is 14.3 Å². The van der Waals surface area contributed by atoms with E-state index in [9.17, 15) is 0 Å². The van der Waals surface area contributed by atoms with E-state index in [-0.39, 0.29) is 17.7 Å². The molecular formula is C45H68O3. The van der Waals surface area contributed by atoms with Crippen molar-refractivity contribution in [2.24, 2.45) is 11.3 Å². The van der Waals surface area contributed by atoms with Crippen LogP contribution in [0.25, 0.3) is 0 Å². The van der Waals surface area contributed by atoms with Crippen LogP contribution in [-0.4, -0.2) is 11.8 Å². The van der Waals surface area contributed by atoms with E-state index in [0.717, 1.165) is 112 Å². The van der Waals surface area contributed by atoms with Gasteiger partial charge in [0, 0.05) is 12.3 Å². The number of carbonyl (C=O) groups is 2. The van der Waals surface area contributed by atoms with Gasteiger partial charge in [0.25, 0.3) is 0 Å². The van der Waals surface area contributed by atoms with Crippen molar-refractivity contribution >= 4 is 11.8 Å². The average molecular weight is 657 g/mol. The fourth-order valence-corrected chi connectivity index (χ4v) is 8.32. The van der Waals surface area contributed by atoms with E-state index in [1.165, 1.54) is 69.8 Å². The minimum Gasteiger partial charge on any atom is -0.430 e. The lowest BCUT2D eigenvalue weighted by molar-refractivity contribution is -0.153. The molecule has 4 rings (SSSR count). The van der Waals surface area contributed by atoms with Gasteiger partial charge >= 0.3 is 5.97 Å². The Kier molecular flexibility index (Phi) is 16.7. The van der Waals surface area contributed by atoms with Crippen LogP contribution in [0.4, 0.5) is 0 Å². The van der Waals surface area contributed by atoms with E-state index in [4.69, 9.17) is 4.74 Å². The third-order valence-corrected chi connectivity index (χ3v) is 11.3. The van der Waals surface area contributed by atoms with Gasteiger partial charge in [-0.1, -0.05) is 134 Å². The van der Waals surface area contributed by atoms with Crippen LogP contribution in [0.3, 0.4) is 0 Å². The Morgan fingerprint density at radius 1 is 0.583 bits per heavy atom. The molecule has 0 amide bonds. The zero-order chi connectivity index (χ0) is 34.0. The lowest BCUT2D eigenvalue weighted by atomic mass is 9.63. The van der Waals surface area contributed by atoms with Crippen LogP contribution in [-0.2, 0) is 20.7 Å². The Labute approximate surface area is 294 Å². The molecule has 0 saturated carbocycles. The highest BCUT2D eigenvalue weighted by atomic mass is 16.5. The van der Waals surface area contributed by atoms with E-state index in [0.29, 0.717) is 12.3 Å². The summed E-state index contributed by atoms with van der Waals surface area (Å²) in [5.41, 5.74) is 3.23. The Bertz CT molecular complexity index is 1180. The summed E-state index contributed by atoms with van der Waals surface area (Å²) < 4.78 is 6.63. The summed E-state index contributed by atoms with van der Waals surface area (Å²) in [6.07, 6.45) is 33.8. The molecule has 0 fully saturated rings. The molecule has 0 bridgehead atoms. The van der Waals surface area contributed by atoms with Crippen molar-refractivity contribution in [1.82, 2.24) is 0 Å². The summed E-state index contributed by atoms with van der Waals surface area (Å²) >= 11 is 0. The summed E-state index contributed by atoms with van der Waals surface area (Å²) in [6, 6.07) is 8.79. The summed E-state index contributed by atoms with van der Waals surface area (Å²) in [7, 11) is 0. The molecule has 0 spiro atoms. The maximum Gasteiger partial charge on any atom is 0.333 e. The molecule has 1 aromatic carbocycles. The van der Waals surface area contributed by atoms with Crippen molar-refractivity contribution in [3.05, 3.63) is 70.5 Å². The first-order valence-corrected chi connectivity index (χ1v) is 20.4. The summed E-state index contributed by atoms with van der Waals surface area (Å²) in [6.45, 7) is 6.51. The van der Waals surface area contributed by atoms with Crippen molar-refractivity contribution in [2.75, 3.05) is 0 Å². The number of rotatable bonds is 9. The molecule has 3 aliphatic rings.